The quantitative estimate of drug-likeness (QED) is 0.00662. The summed E-state index contributed by atoms with van der Waals surface area (Å²) in [6, 6.07) is 115. The van der Waals surface area contributed by atoms with Gasteiger partial charge >= 0.3 is 11.9 Å². The number of esters is 2. The summed E-state index contributed by atoms with van der Waals surface area (Å²) in [5.41, 5.74) is 34.1. The second-order valence-electron chi connectivity index (χ2n) is 34.0. The molecule has 0 bridgehead atoms. The average Bonchev–Trinajstić information content (AvgIpc) is 1.53. The Bertz CT molecular complexity index is 6660. The van der Waals surface area contributed by atoms with E-state index in [1.165, 1.54) is 48.5 Å². The zero-order chi connectivity index (χ0) is 108. The SMILES string of the molecule is CCC.CNC(=O)CCC(=O)N(CCP(=O)(c1ccccc1)c1ccccc1)CCP(=O)(c1ccccc1)c1ccccc1.CNC(=O)CCC(=O)N(CCP(c1ccccc1)c1ccccc1)CCP(c1ccccc1)c1ccccc1.CNC(C)=O.CNC(C)=O.Nc1ccc2c(c1)Oc1cc(N)ccc1C21OC(=O)c2ccccc21.P.[2HH].[2H]PC.[N-]=[N+]=Nc1ccc2c(c1)Oc1cc(N=[N+]=[N-])ccc1C21OC(=O)c2ccccc21. The highest BCUT2D eigenvalue weighted by molar-refractivity contribution is 7.79. The third kappa shape index (κ3) is 29.7. The first-order valence-electron chi connectivity index (χ1n) is 48.9. The van der Waals surface area contributed by atoms with E-state index in [2.05, 4.69) is 152 Å². The summed E-state index contributed by atoms with van der Waals surface area (Å²) in [6.07, 6.45) is 3.97. The maximum Gasteiger partial charge on any atom is 0.340 e. The Morgan fingerprint density at radius 3 is 0.920 bits per heavy atom. The highest BCUT2D eigenvalue weighted by Crippen LogP contribution is 2.59. The number of ether oxygens (including phenoxy) is 4. The van der Waals surface area contributed by atoms with Gasteiger partial charge in [0.05, 0.1) is 12.4 Å². The number of nitrogens with two attached hydrogens (primary N) is 2. The van der Waals surface area contributed by atoms with Crippen LogP contribution in [0.3, 0.4) is 0 Å². The Hall–Kier alpha value is -15.2. The lowest BCUT2D eigenvalue weighted by molar-refractivity contribution is -0.133. The van der Waals surface area contributed by atoms with Crippen LogP contribution < -0.4 is 84.6 Å². The van der Waals surface area contributed by atoms with Crippen LogP contribution in [0.25, 0.3) is 20.9 Å². The lowest BCUT2D eigenvalue weighted by Gasteiger charge is -2.36. The number of nitrogens with zero attached hydrogens (tertiary/aromatic N) is 8. The number of anilines is 2. The topological polar surface area (TPSA) is 412 Å². The van der Waals surface area contributed by atoms with Crippen molar-refractivity contribution in [3.63, 3.8) is 0 Å². The summed E-state index contributed by atoms with van der Waals surface area (Å²) in [5.74, 6) is 0.572. The van der Waals surface area contributed by atoms with Crippen molar-refractivity contribution >= 4 is 162 Å². The van der Waals surface area contributed by atoms with Crippen molar-refractivity contribution in [2.24, 2.45) is 10.2 Å². The first-order valence-corrected chi connectivity index (χ1v) is 56.3. The fourth-order valence-electron chi connectivity index (χ4n) is 17.0. The molecule has 0 saturated carbocycles. The Morgan fingerprint density at radius 1 is 0.393 bits per heavy atom. The molecule has 150 heavy (non-hydrogen) atoms. The Balaban J connectivity index is 0.000000215. The van der Waals surface area contributed by atoms with Crippen molar-refractivity contribution in [1.29, 1.82) is 1.28 Å². The van der Waals surface area contributed by atoms with E-state index in [1.807, 2.05) is 200 Å². The van der Waals surface area contributed by atoms with E-state index < -0.39 is 47.3 Å². The van der Waals surface area contributed by atoms with Gasteiger partial charge in [0.2, 0.25) is 35.4 Å². The summed E-state index contributed by atoms with van der Waals surface area (Å²) >= 11 is 0. The summed E-state index contributed by atoms with van der Waals surface area (Å²) in [5, 5.41) is 25.4. The van der Waals surface area contributed by atoms with Gasteiger partial charge in [-0.3, -0.25) is 28.8 Å². The van der Waals surface area contributed by atoms with Crippen LogP contribution in [-0.2, 0) is 58.6 Å². The van der Waals surface area contributed by atoms with E-state index in [1.54, 1.807) is 105 Å². The zero-order valence-electron chi connectivity index (χ0n) is 86.3. The van der Waals surface area contributed by atoms with Crippen LogP contribution in [0.15, 0.2) is 374 Å². The van der Waals surface area contributed by atoms with Gasteiger partial charge in [0.15, 0.2) is 11.2 Å². The predicted octanol–water partition coefficient (Wildman–Crippen LogP) is 20.2. The highest BCUT2D eigenvalue weighted by atomic mass is 31.2. The number of hydrogen-bond acceptors (Lipinski definition) is 18. The van der Waals surface area contributed by atoms with Gasteiger partial charge in [-0.15, -0.1) is 9.18 Å². The molecule has 8 N–H and O–H groups in total. The smallest absolute Gasteiger partial charge is 0.340 e. The van der Waals surface area contributed by atoms with Gasteiger partial charge in [0.25, 0.3) is 0 Å². The van der Waals surface area contributed by atoms with Crippen LogP contribution in [-0.4, -0.2) is 144 Å². The van der Waals surface area contributed by atoms with Crippen LogP contribution in [0.1, 0.15) is 115 Å². The zero-order valence-corrected chi connectivity index (χ0v) is 91.3. The largest absolute Gasteiger partial charge is 0.456 e. The minimum absolute atomic E-state index is 0. The molecule has 18 rings (SSSR count). The number of amides is 6. The monoisotopic (exact) mass is 2130 g/mol. The molecule has 0 saturated heterocycles. The van der Waals surface area contributed by atoms with Crippen LogP contribution in [0, 0.1) is 0 Å². The molecule has 0 radical (unpaired) electrons. The number of carbonyl (C=O) groups excluding carboxylic acids is 8. The van der Waals surface area contributed by atoms with Gasteiger partial charge < -0.3 is 70.6 Å². The molecule has 2 spiro atoms. The molecule has 2 unspecified atom stereocenters. The molecule has 776 valence electrons. The standard InChI is InChI=1S/C33H36N2O4P2.C33H36N2O2P2.C20H10N6O3.C20H14N2O3.2C3H7NO.C3H8.CH5P.H3P.H2/c1-34-32(36)22-23-33(37)35(24-26-40(38,28-14-6-2-7-15-28)29-16-8-3-9-17-29)25-27-41(39,30-18-10-4-11-19-30)31-20-12-5-13-21-31;1-34-32(36)22-23-33(37)35(24-26-38(28-14-6-2-7-15-28)29-16-8-3-9-17-29)25-27-39(30-18-10-4-11-19-30)31-20-12-5-13-21-31;21-25-23-11-5-7-15-17(9-11)28-18-10-12(24-26-22)6-8-16(18)20(15)14-4-2-1-3-13(14)19(27)29-20;21-11-5-7-15-17(9-11)24-18-10-12(22)6-8-16(18)20(15)14-4-2-1-3-13(14)19(23)25-20;2*1-3(5)4-2;1-3-2;1-2;;/h2-21H,22-27H2,1H3,(H,34,36);2-21H,22-27H2,1H3,(H,34,36);1-10H;1-10H,21-22H2;2*1-2H3,(H,4,5);3H2,1-2H3;2H2,1H3;1H3;1H/i;;;;;;;2D;;1+1. The molecule has 4 aliphatic rings. The van der Waals surface area contributed by atoms with Crippen molar-refractivity contribution in [3.05, 3.63) is 429 Å². The van der Waals surface area contributed by atoms with E-state index >= 15 is 0 Å². The van der Waals surface area contributed by atoms with E-state index in [4.69, 9.17) is 42.8 Å². The molecule has 0 fully saturated rings. The maximum atomic E-state index is 14.6. The van der Waals surface area contributed by atoms with Crippen molar-refractivity contribution in [3.8, 4) is 23.0 Å². The summed E-state index contributed by atoms with van der Waals surface area (Å²) in [4.78, 5) is 105. The van der Waals surface area contributed by atoms with Crippen molar-refractivity contribution in [1.82, 2.24) is 31.1 Å². The minimum Gasteiger partial charge on any atom is -0.456 e. The Morgan fingerprint density at radius 2 is 0.647 bits per heavy atom. The molecular formula is C116H128N14O14P6. The number of benzene rings is 14. The molecule has 0 aliphatic carbocycles. The predicted molar refractivity (Wildman–Crippen MR) is 617 cm³/mol. The van der Waals surface area contributed by atoms with Crippen LogP contribution in [0.2, 0.25) is 0 Å². The third-order valence-electron chi connectivity index (χ3n) is 24.4. The van der Waals surface area contributed by atoms with E-state index in [-0.39, 0.29) is 104 Å². The highest BCUT2D eigenvalue weighted by Gasteiger charge is 2.55. The number of azide groups is 2. The molecule has 6 amide bonds. The normalized spacial score (nSPS) is 12.8. The fraction of sp³-hybridized carbons (Fsp3) is 0.207. The van der Waals surface area contributed by atoms with Crippen molar-refractivity contribution in [2.45, 2.75) is 71.0 Å². The number of rotatable bonds is 28. The molecule has 4 heterocycles. The van der Waals surface area contributed by atoms with E-state index in [9.17, 15) is 47.5 Å². The first-order chi connectivity index (χ1) is 72.6. The van der Waals surface area contributed by atoms with Gasteiger partial charge in [-0.2, -0.15) is 9.90 Å². The Kier molecular flexibility index (Phi) is 44.5. The first kappa shape index (κ1) is 115. The van der Waals surface area contributed by atoms with Gasteiger partial charge in [0, 0.05) is 207 Å². The molecule has 14 aromatic carbocycles. The second kappa shape index (κ2) is 58.0. The van der Waals surface area contributed by atoms with Gasteiger partial charge in [-0.05, 0) is 109 Å². The molecular weight excluding hydrogens is 2000 g/mol. The molecule has 2 atom stereocenters. The van der Waals surface area contributed by atoms with Crippen LogP contribution >= 0.6 is 49.2 Å². The molecule has 28 nitrogen and oxygen atoms in total. The third-order valence-corrected chi connectivity index (χ3v) is 35.6. The van der Waals surface area contributed by atoms with Crippen molar-refractivity contribution < 1.29 is 67.9 Å². The van der Waals surface area contributed by atoms with E-state index in [0.29, 0.717) is 95.8 Å². The van der Waals surface area contributed by atoms with Crippen LogP contribution in [0.4, 0.5) is 22.7 Å². The van der Waals surface area contributed by atoms with Crippen molar-refractivity contribution in [2.75, 3.05) is 97.1 Å². The molecule has 34 heteroatoms. The van der Waals surface area contributed by atoms with Gasteiger partial charge in [-0.1, -0.05) is 340 Å². The molecule has 4 aliphatic heterocycles. The lowest BCUT2D eigenvalue weighted by atomic mass is 9.77. The number of carbonyl (C=O) groups is 8. The fourth-order valence-corrected chi connectivity index (χ4v) is 27.0. The number of fused-ring (bicyclic) bond motifs is 12. The van der Waals surface area contributed by atoms with Gasteiger partial charge in [0.1, 0.15) is 37.3 Å². The summed E-state index contributed by atoms with van der Waals surface area (Å²) in [6.45, 7) is 10.7. The summed E-state index contributed by atoms with van der Waals surface area (Å²) in [7, 11) is -0.711. The minimum atomic E-state index is -3.08. The maximum absolute atomic E-state index is 14.6. The van der Waals surface area contributed by atoms with E-state index in [0.717, 1.165) is 50.2 Å². The van der Waals surface area contributed by atoms with Gasteiger partial charge in [-0.25, -0.2) is 9.59 Å². The second-order valence-corrected chi connectivity index (χ2v) is 44.6. The number of nitrogen functional groups attached to an aromatic ring is 2. The lowest BCUT2D eigenvalue weighted by Crippen LogP contribution is -2.38. The Labute approximate surface area is 887 Å². The number of hydrogen-bond donors (Lipinski definition) is 6. The average molecular weight is 2130 g/mol. The molecule has 0 aromatic heterocycles. The molecule has 14 aromatic rings. The summed E-state index contributed by atoms with van der Waals surface area (Å²) < 4.78 is 59.6. The van der Waals surface area contributed by atoms with Crippen LogP contribution in [0.5, 0.6) is 23.0 Å². The number of nitrogens with one attached hydrogen (secondary N) is 4.